The van der Waals surface area contributed by atoms with Gasteiger partial charge in [-0.1, -0.05) is 13.8 Å². The van der Waals surface area contributed by atoms with E-state index in [-0.39, 0.29) is 17.6 Å². The lowest BCUT2D eigenvalue weighted by molar-refractivity contribution is -0.133. The SMILES string of the molecule is CCC1NC(C)(CC)C(=O)N1CCCCN(C)C. The first-order valence-electron chi connectivity index (χ1n) is 7.18. The molecule has 2 unspecified atom stereocenters. The van der Waals surface area contributed by atoms with Gasteiger partial charge in [-0.05, 0) is 53.2 Å². The summed E-state index contributed by atoms with van der Waals surface area (Å²) in [5.74, 6) is 0.279. The first-order chi connectivity index (χ1) is 8.44. The van der Waals surface area contributed by atoms with E-state index in [2.05, 4.69) is 38.2 Å². The summed E-state index contributed by atoms with van der Waals surface area (Å²) in [6.45, 7) is 8.22. The summed E-state index contributed by atoms with van der Waals surface area (Å²) in [6, 6.07) is 0. The van der Waals surface area contributed by atoms with E-state index in [4.69, 9.17) is 0 Å². The zero-order valence-corrected chi connectivity index (χ0v) is 12.6. The van der Waals surface area contributed by atoms with Gasteiger partial charge in [0.2, 0.25) is 5.91 Å². The third-order valence-electron chi connectivity index (χ3n) is 3.94. The van der Waals surface area contributed by atoms with Gasteiger partial charge in [-0.2, -0.15) is 0 Å². The fourth-order valence-corrected chi connectivity index (χ4v) is 2.51. The second-order valence-electron chi connectivity index (χ2n) is 5.76. The topological polar surface area (TPSA) is 35.6 Å². The molecule has 1 amide bonds. The van der Waals surface area contributed by atoms with Crippen molar-refractivity contribution >= 4 is 5.91 Å². The fourth-order valence-electron chi connectivity index (χ4n) is 2.51. The molecule has 1 heterocycles. The van der Waals surface area contributed by atoms with Gasteiger partial charge in [0.05, 0.1) is 11.7 Å². The van der Waals surface area contributed by atoms with Crippen LogP contribution in [-0.4, -0.2) is 54.6 Å². The van der Waals surface area contributed by atoms with Gasteiger partial charge in [0, 0.05) is 6.54 Å². The monoisotopic (exact) mass is 255 g/mol. The van der Waals surface area contributed by atoms with Crippen molar-refractivity contribution in [3.63, 3.8) is 0 Å². The number of carbonyl (C=O) groups is 1. The molecule has 2 atom stereocenters. The number of rotatable bonds is 7. The number of hydrogen-bond donors (Lipinski definition) is 1. The first-order valence-corrected chi connectivity index (χ1v) is 7.18. The summed E-state index contributed by atoms with van der Waals surface area (Å²) in [6.07, 6.45) is 4.30. The second-order valence-corrected chi connectivity index (χ2v) is 5.76. The van der Waals surface area contributed by atoms with E-state index in [9.17, 15) is 4.79 Å². The first kappa shape index (κ1) is 15.4. The molecule has 1 aliphatic heterocycles. The fraction of sp³-hybridized carbons (Fsp3) is 0.929. The van der Waals surface area contributed by atoms with Gasteiger partial charge in [-0.3, -0.25) is 10.1 Å². The molecule has 1 rings (SSSR count). The lowest BCUT2D eigenvalue weighted by Gasteiger charge is -2.23. The van der Waals surface area contributed by atoms with E-state index in [1.54, 1.807) is 0 Å². The van der Waals surface area contributed by atoms with Crippen LogP contribution in [0.1, 0.15) is 46.5 Å². The molecule has 0 aromatic carbocycles. The Bertz CT molecular complexity index is 280. The minimum atomic E-state index is -0.345. The number of carbonyl (C=O) groups excluding carboxylic acids is 1. The molecular weight excluding hydrogens is 226 g/mol. The van der Waals surface area contributed by atoms with Crippen molar-refractivity contribution < 1.29 is 4.79 Å². The summed E-state index contributed by atoms with van der Waals surface area (Å²) >= 11 is 0. The Morgan fingerprint density at radius 2 is 2.00 bits per heavy atom. The highest BCUT2D eigenvalue weighted by Crippen LogP contribution is 2.25. The Kier molecular flexibility index (Phi) is 5.60. The molecule has 1 fully saturated rings. The quantitative estimate of drug-likeness (QED) is 0.703. The summed E-state index contributed by atoms with van der Waals surface area (Å²) in [4.78, 5) is 16.6. The van der Waals surface area contributed by atoms with Crippen molar-refractivity contribution in [1.82, 2.24) is 15.1 Å². The van der Waals surface area contributed by atoms with Gasteiger partial charge in [0.15, 0.2) is 0 Å². The molecular formula is C14H29N3O. The number of unbranched alkanes of at least 4 members (excludes halogenated alkanes) is 1. The van der Waals surface area contributed by atoms with Gasteiger partial charge in [0.25, 0.3) is 0 Å². The van der Waals surface area contributed by atoms with Crippen LogP contribution in [0.15, 0.2) is 0 Å². The molecule has 0 saturated carbocycles. The summed E-state index contributed by atoms with van der Waals surface area (Å²) in [5.41, 5.74) is -0.345. The molecule has 0 aliphatic carbocycles. The number of hydrogen-bond acceptors (Lipinski definition) is 3. The van der Waals surface area contributed by atoms with E-state index in [0.717, 1.165) is 38.8 Å². The van der Waals surface area contributed by atoms with Gasteiger partial charge < -0.3 is 9.80 Å². The molecule has 18 heavy (non-hydrogen) atoms. The van der Waals surface area contributed by atoms with E-state index in [1.807, 2.05) is 11.8 Å². The van der Waals surface area contributed by atoms with Crippen molar-refractivity contribution in [2.45, 2.75) is 58.2 Å². The van der Waals surface area contributed by atoms with Crippen molar-refractivity contribution in [2.75, 3.05) is 27.2 Å². The van der Waals surface area contributed by atoms with Crippen molar-refractivity contribution in [1.29, 1.82) is 0 Å². The van der Waals surface area contributed by atoms with E-state index < -0.39 is 0 Å². The molecule has 1 N–H and O–H groups in total. The maximum absolute atomic E-state index is 12.4. The molecule has 0 aromatic rings. The van der Waals surface area contributed by atoms with Crippen LogP contribution in [-0.2, 0) is 4.79 Å². The molecule has 0 spiro atoms. The Morgan fingerprint density at radius 3 is 2.50 bits per heavy atom. The molecule has 106 valence electrons. The van der Waals surface area contributed by atoms with Crippen LogP contribution < -0.4 is 5.32 Å². The minimum absolute atomic E-state index is 0.224. The van der Waals surface area contributed by atoms with Crippen molar-refractivity contribution in [3.8, 4) is 0 Å². The van der Waals surface area contributed by atoms with Crippen LogP contribution in [0.25, 0.3) is 0 Å². The van der Waals surface area contributed by atoms with Gasteiger partial charge in [0.1, 0.15) is 0 Å². The summed E-state index contributed by atoms with van der Waals surface area (Å²) in [5, 5.41) is 3.48. The number of nitrogens with one attached hydrogen (secondary N) is 1. The molecule has 4 nitrogen and oxygen atoms in total. The van der Waals surface area contributed by atoms with Crippen LogP contribution in [0.4, 0.5) is 0 Å². The largest absolute Gasteiger partial charge is 0.326 e. The molecule has 0 aromatic heterocycles. The Hall–Kier alpha value is -0.610. The summed E-state index contributed by atoms with van der Waals surface area (Å²) in [7, 11) is 4.18. The molecule has 0 radical (unpaired) electrons. The number of amides is 1. The van der Waals surface area contributed by atoms with Gasteiger partial charge >= 0.3 is 0 Å². The third-order valence-corrected chi connectivity index (χ3v) is 3.94. The Balaban J connectivity index is 2.50. The Labute approximate surface area is 112 Å². The van der Waals surface area contributed by atoms with Gasteiger partial charge in [-0.25, -0.2) is 0 Å². The lowest BCUT2D eigenvalue weighted by Crippen LogP contribution is -2.43. The maximum Gasteiger partial charge on any atom is 0.243 e. The number of nitrogens with zero attached hydrogens (tertiary/aromatic N) is 2. The van der Waals surface area contributed by atoms with E-state index >= 15 is 0 Å². The average molecular weight is 255 g/mol. The van der Waals surface area contributed by atoms with Crippen LogP contribution in [0, 0.1) is 0 Å². The predicted octanol–water partition coefficient (Wildman–Crippen LogP) is 1.66. The highest BCUT2D eigenvalue weighted by molar-refractivity contribution is 5.88. The van der Waals surface area contributed by atoms with Crippen LogP contribution in [0.5, 0.6) is 0 Å². The molecule has 4 heteroatoms. The van der Waals surface area contributed by atoms with Crippen molar-refractivity contribution in [3.05, 3.63) is 0 Å². The van der Waals surface area contributed by atoms with Gasteiger partial charge in [-0.15, -0.1) is 0 Å². The Morgan fingerprint density at radius 1 is 1.33 bits per heavy atom. The lowest BCUT2D eigenvalue weighted by atomic mass is 9.99. The van der Waals surface area contributed by atoms with E-state index in [1.165, 1.54) is 0 Å². The molecule has 1 saturated heterocycles. The van der Waals surface area contributed by atoms with Crippen molar-refractivity contribution in [2.24, 2.45) is 0 Å². The normalized spacial score (nSPS) is 28.4. The standard InChI is InChI=1S/C14H29N3O/c1-6-12-15-14(3,7-2)13(18)17(12)11-9-8-10-16(4)5/h12,15H,6-11H2,1-5H3. The highest BCUT2D eigenvalue weighted by atomic mass is 16.2. The predicted molar refractivity (Wildman–Crippen MR) is 75.4 cm³/mol. The minimum Gasteiger partial charge on any atom is -0.326 e. The zero-order valence-electron chi connectivity index (χ0n) is 12.6. The second kappa shape index (κ2) is 6.53. The average Bonchev–Trinajstić information content (AvgIpc) is 2.58. The van der Waals surface area contributed by atoms with Crippen LogP contribution in [0.2, 0.25) is 0 Å². The maximum atomic E-state index is 12.4. The zero-order chi connectivity index (χ0) is 13.8. The third kappa shape index (κ3) is 3.45. The molecule has 0 bridgehead atoms. The summed E-state index contributed by atoms with van der Waals surface area (Å²) < 4.78 is 0. The van der Waals surface area contributed by atoms with Crippen LogP contribution in [0.3, 0.4) is 0 Å². The molecule has 1 aliphatic rings. The smallest absolute Gasteiger partial charge is 0.243 e. The van der Waals surface area contributed by atoms with E-state index in [0.29, 0.717) is 0 Å². The highest BCUT2D eigenvalue weighted by Gasteiger charge is 2.45. The van der Waals surface area contributed by atoms with Crippen LogP contribution >= 0.6 is 0 Å².